The van der Waals surface area contributed by atoms with Crippen molar-refractivity contribution in [2.75, 3.05) is 24.5 Å². The first-order chi connectivity index (χ1) is 11.4. The lowest BCUT2D eigenvalue weighted by Crippen LogP contribution is -2.40. The third kappa shape index (κ3) is 3.77. The lowest BCUT2D eigenvalue weighted by Gasteiger charge is -2.25. The number of anilines is 1. The van der Waals surface area contributed by atoms with Gasteiger partial charge in [0.1, 0.15) is 11.6 Å². The van der Waals surface area contributed by atoms with Crippen LogP contribution in [-0.2, 0) is 9.59 Å². The molecule has 0 spiro atoms. The highest BCUT2D eigenvalue weighted by molar-refractivity contribution is 6.00. The van der Waals surface area contributed by atoms with Crippen molar-refractivity contribution in [3.63, 3.8) is 0 Å². The molecule has 2 saturated heterocycles. The van der Waals surface area contributed by atoms with Gasteiger partial charge in [0.15, 0.2) is 0 Å². The summed E-state index contributed by atoms with van der Waals surface area (Å²) in [7, 11) is 0. The highest BCUT2D eigenvalue weighted by Gasteiger charge is 2.41. The molecule has 2 heterocycles. The molecule has 3 rings (SSSR count). The van der Waals surface area contributed by atoms with E-state index in [4.69, 9.17) is 5.73 Å². The third-order valence-corrected chi connectivity index (χ3v) is 4.95. The van der Waals surface area contributed by atoms with E-state index in [2.05, 4.69) is 0 Å². The summed E-state index contributed by atoms with van der Waals surface area (Å²) in [6.45, 7) is 3.23. The second-order valence-electron chi connectivity index (χ2n) is 6.68. The van der Waals surface area contributed by atoms with Crippen molar-refractivity contribution in [3.8, 4) is 0 Å². The predicted molar refractivity (Wildman–Crippen MR) is 92.4 cm³/mol. The average Bonchev–Trinajstić information content (AvgIpc) is 3.10. The van der Waals surface area contributed by atoms with Gasteiger partial charge < -0.3 is 15.5 Å². The Hall–Kier alpha value is -1.73. The Morgan fingerprint density at radius 1 is 1.32 bits per heavy atom. The quantitative estimate of drug-likeness (QED) is 0.880. The minimum absolute atomic E-state index is 0. The van der Waals surface area contributed by atoms with Crippen molar-refractivity contribution < 1.29 is 18.4 Å². The molecule has 2 amide bonds. The molecule has 0 saturated carbocycles. The molecule has 2 aliphatic rings. The zero-order valence-corrected chi connectivity index (χ0v) is 14.8. The molecule has 0 aliphatic carbocycles. The van der Waals surface area contributed by atoms with Gasteiger partial charge in [0.05, 0.1) is 11.6 Å². The number of carbonyl (C=O) groups is 2. The summed E-state index contributed by atoms with van der Waals surface area (Å²) in [5, 5.41) is 0. The Morgan fingerprint density at radius 3 is 2.64 bits per heavy atom. The molecular weight excluding hydrogens is 352 g/mol. The second-order valence-corrected chi connectivity index (χ2v) is 6.68. The molecule has 5 nitrogen and oxygen atoms in total. The molecule has 138 valence electrons. The maximum atomic E-state index is 13.9. The van der Waals surface area contributed by atoms with Crippen molar-refractivity contribution >= 4 is 29.9 Å². The van der Waals surface area contributed by atoms with Crippen LogP contribution in [0.15, 0.2) is 18.2 Å². The number of nitrogens with two attached hydrogens (primary N) is 1. The molecule has 1 aromatic carbocycles. The van der Waals surface area contributed by atoms with Crippen LogP contribution in [0, 0.1) is 23.5 Å². The molecular formula is C17H22ClF2N3O2. The van der Waals surface area contributed by atoms with Crippen molar-refractivity contribution in [2.45, 2.75) is 25.8 Å². The van der Waals surface area contributed by atoms with Crippen LogP contribution < -0.4 is 10.6 Å². The standard InChI is InChI=1S/C17H21F2N3O2.ClH/c1-10-4-11(7-20)8-21(10)17(24)12-5-16(23)22(9-12)15-3-2-13(18)6-14(15)19;/h2-3,6,10-12H,4-5,7-9,20H2,1H3;1H. The Balaban J connectivity index is 0.00000225. The van der Waals surface area contributed by atoms with Gasteiger partial charge >= 0.3 is 0 Å². The highest BCUT2D eigenvalue weighted by Crippen LogP contribution is 2.31. The first-order valence-corrected chi connectivity index (χ1v) is 8.16. The first-order valence-electron chi connectivity index (χ1n) is 8.16. The highest BCUT2D eigenvalue weighted by atomic mass is 35.5. The molecule has 0 bridgehead atoms. The first kappa shape index (κ1) is 19.6. The van der Waals surface area contributed by atoms with Crippen LogP contribution in [0.1, 0.15) is 19.8 Å². The van der Waals surface area contributed by atoms with Crippen LogP contribution in [0.4, 0.5) is 14.5 Å². The molecule has 1 aromatic rings. The van der Waals surface area contributed by atoms with Gasteiger partial charge in [-0.3, -0.25) is 9.59 Å². The topological polar surface area (TPSA) is 66.6 Å². The van der Waals surface area contributed by atoms with Crippen LogP contribution in [0.25, 0.3) is 0 Å². The number of likely N-dealkylation sites (tertiary alicyclic amines) is 1. The summed E-state index contributed by atoms with van der Waals surface area (Å²) in [6, 6.07) is 3.18. The number of halogens is 3. The number of amides is 2. The van der Waals surface area contributed by atoms with E-state index >= 15 is 0 Å². The predicted octanol–water partition coefficient (Wildman–Crippen LogP) is 1.94. The van der Waals surface area contributed by atoms with E-state index in [-0.39, 0.29) is 54.8 Å². The number of nitrogens with zero attached hydrogens (tertiary/aromatic N) is 2. The van der Waals surface area contributed by atoms with Crippen molar-refractivity contribution in [1.82, 2.24) is 4.90 Å². The second kappa shape index (κ2) is 7.66. The molecule has 2 fully saturated rings. The maximum absolute atomic E-state index is 13.9. The summed E-state index contributed by atoms with van der Waals surface area (Å²) < 4.78 is 27.0. The molecule has 2 N–H and O–H groups in total. The molecule has 2 aliphatic heterocycles. The Kier molecular flexibility index (Phi) is 6.00. The Labute approximate surface area is 151 Å². The van der Waals surface area contributed by atoms with Gasteiger partial charge in [0.25, 0.3) is 0 Å². The number of hydrogen-bond donors (Lipinski definition) is 1. The van der Waals surface area contributed by atoms with Gasteiger partial charge in [-0.2, -0.15) is 0 Å². The van der Waals surface area contributed by atoms with Gasteiger partial charge in [-0.15, -0.1) is 12.4 Å². The fourth-order valence-electron chi connectivity index (χ4n) is 3.66. The normalized spacial score (nSPS) is 26.1. The SMILES string of the molecule is CC1CC(CN)CN1C(=O)C1CC(=O)N(c2ccc(F)cc2F)C1.Cl. The molecule has 3 unspecified atom stereocenters. The van der Waals surface area contributed by atoms with Crippen molar-refractivity contribution in [3.05, 3.63) is 29.8 Å². The fraction of sp³-hybridized carbons (Fsp3) is 0.529. The molecule has 0 radical (unpaired) electrons. The van der Waals surface area contributed by atoms with Crippen LogP contribution >= 0.6 is 12.4 Å². The van der Waals surface area contributed by atoms with Gasteiger partial charge in [0.2, 0.25) is 11.8 Å². The van der Waals surface area contributed by atoms with Crippen molar-refractivity contribution in [2.24, 2.45) is 17.6 Å². The van der Waals surface area contributed by atoms with Gasteiger partial charge in [0, 0.05) is 31.6 Å². The molecule has 3 atom stereocenters. The third-order valence-electron chi connectivity index (χ3n) is 4.95. The zero-order valence-electron chi connectivity index (χ0n) is 14.0. The van der Waals surface area contributed by atoms with Gasteiger partial charge in [-0.05, 0) is 37.9 Å². The summed E-state index contributed by atoms with van der Waals surface area (Å²) in [5.74, 6) is -2.12. The summed E-state index contributed by atoms with van der Waals surface area (Å²) in [5.41, 5.74) is 5.71. The van der Waals surface area contributed by atoms with Crippen LogP contribution in [0.2, 0.25) is 0 Å². The van der Waals surface area contributed by atoms with Crippen molar-refractivity contribution in [1.29, 1.82) is 0 Å². The van der Waals surface area contributed by atoms with E-state index in [9.17, 15) is 18.4 Å². The Morgan fingerprint density at radius 2 is 2.04 bits per heavy atom. The Bertz CT molecular complexity index is 673. The molecule has 25 heavy (non-hydrogen) atoms. The van der Waals surface area contributed by atoms with E-state index in [1.54, 1.807) is 4.90 Å². The van der Waals surface area contributed by atoms with E-state index in [1.165, 1.54) is 11.0 Å². The summed E-state index contributed by atoms with van der Waals surface area (Å²) in [6.07, 6.45) is 0.908. The number of benzene rings is 1. The van der Waals surface area contributed by atoms with Crippen LogP contribution in [-0.4, -0.2) is 42.4 Å². The van der Waals surface area contributed by atoms with Crippen LogP contribution in [0.3, 0.4) is 0 Å². The minimum atomic E-state index is -0.797. The lowest BCUT2D eigenvalue weighted by atomic mass is 10.1. The van der Waals surface area contributed by atoms with Crippen LogP contribution in [0.5, 0.6) is 0 Å². The van der Waals surface area contributed by atoms with E-state index in [0.717, 1.165) is 18.6 Å². The number of hydrogen-bond acceptors (Lipinski definition) is 3. The average molecular weight is 374 g/mol. The smallest absolute Gasteiger partial charge is 0.228 e. The number of rotatable bonds is 3. The molecule has 0 aromatic heterocycles. The lowest BCUT2D eigenvalue weighted by molar-refractivity contribution is -0.136. The van der Waals surface area contributed by atoms with E-state index in [0.29, 0.717) is 13.1 Å². The minimum Gasteiger partial charge on any atom is -0.339 e. The zero-order chi connectivity index (χ0) is 17.4. The molecule has 8 heteroatoms. The van der Waals surface area contributed by atoms with E-state index < -0.39 is 17.6 Å². The summed E-state index contributed by atoms with van der Waals surface area (Å²) in [4.78, 5) is 28.0. The monoisotopic (exact) mass is 373 g/mol. The van der Waals surface area contributed by atoms with E-state index in [1.807, 2.05) is 6.92 Å². The summed E-state index contributed by atoms with van der Waals surface area (Å²) >= 11 is 0. The fourth-order valence-corrected chi connectivity index (χ4v) is 3.66. The largest absolute Gasteiger partial charge is 0.339 e. The van der Waals surface area contributed by atoms with Gasteiger partial charge in [-0.25, -0.2) is 8.78 Å². The maximum Gasteiger partial charge on any atom is 0.228 e. The van der Waals surface area contributed by atoms with Gasteiger partial charge in [-0.1, -0.05) is 0 Å². The number of carbonyl (C=O) groups excluding carboxylic acids is 2.